The lowest BCUT2D eigenvalue weighted by Crippen LogP contribution is -2.55. The molecule has 1 aromatic carbocycles. The minimum atomic E-state index is -0.129. The van der Waals surface area contributed by atoms with Gasteiger partial charge >= 0.3 is 0 Å². The van der Waals surface area contributed by atoms with E-state index in [0.29, 0.717) is 5.02 Å². The van der Waals surface area contributed by atoms with Crippen molar-refractivity contribution in [1.82, 2.24) is 10.3 Å². The van der Waals surface area contributed by atoms with E-state index in [-0.39, 0.29) is 11.6 Å². The van der Waals surface area contributed by atoms with Crippen molar-refractivity contribution in [2.45, 2.75) is 45.7 Å². The molecule has 0 spiro atoms. The molecule has 3 N–H and O–H groups in total. The van der Waals surface area contributed by atoms with E-state index in [1.807, 2.05) is 18.2 Å². The van der Waals surface area contributed by atoms with Crippen LogP contribution in [-0.2, 0) is 0 Å². The van der Waals surface area contributed by atoms with Crippen LogP contribution in [0, 0.1) is 0 Å². The second-order valence-corrected chi connectivity index (χ2v) is 5.81. The van der Waals surface area contributed by atoms with Crippen molar-refractivity contribution in [3.8, 4) is 5.75 Å². The topological polar surface area (TPSA) is 50.5 Å². The third-order valence-electron chi connectivity index (χ3n) is 4.49. The number of halogens is 1. The number of benzene rings is 1. The number of nitrogens with one attached hydrogen (secondary N) is 1. The normalized spacial score (nSPS) is 15.8. The van der Waals surface area contributed by atoms with Crippen LogP contribution < -0.4 is 16.0 Å². The highest BCUT2D eigenvalue weighted by atomic mass is 35.5. The van der Waals surface area contributed by atoms with Crippen LogP contribution in [0.1, 0.15) is 45.7 Å². The van der Waals surface area contributed by atoms with Gasteiger partial charge in [0.1, 0.15) is 5.75 Å². The molecule has 0 aromatic heterocycles. The van der Waals surface area contributed by atoms with Crippen molar-refractivity contribution in [3.05, 3.63) is 28.8 Å². The molecule has 0 radical (unpaired) electrons. The summed E-state index contributed by atoms with van der Waals surface area (Å²) >= 11 is 6.18. The van der Waals surface area contributed by atoms with Gasteiger partial charge in [0.2, 0.25) is 0 Å². The van der Waals surface area contributed by atoms with Gasteiger partial charge in [0.15, 0.2) is 0 Å². The van der Waals surface area contributed by atoms with E-state index in [0.717, 1.165) is 30.8 Å². The molecule has 120 valence electrons. The van der Waals surface area contributed by atoms with Crippen molar-refractivity contribution < 1.29 is 4.74 Å². The van der Waals surface area contributed by atoms with E-state index < -0.39 is 0 Å². The molecule has 0 aliphatic rings. The summed E-state index contributed by atoms with van der Waals surface area (Å²) in [4.78, 5) is 2.41. The fourth-order valence-electron chi connectivity index (χ4n) is 3.09. The largest absolute Gasteiger partial charge is 0.496 e. The maximum absolute atomic E-state index is 6.18. The van der Waals surface area contributed by atoms with E-state index in [1.165, 1.54) is 0 Å². The summed E-state index contributed by atoms with van der Waals surface area (Å²) in [6.45, 7) is 10.7. The number of ether oxygens (including phenoxy) is 1. The first-order valence-corrected chi connectivity index (χ1v) is 7.90. The van der Waals surface area contributed by atoms with Crippen LogP contribution >= 0.6 is 11.6 Å². The Labute approximate surface area is 133 Å². The summed E-state index contributed by atoms with van der Waals surface area (Å²) in [5.74, 6) is 6.71. The number of nitrogens with two attached hydrogens (primary N) is 1. The van der Waals surface area contributed by atoms with Gasteiger partial charge in [-0.3, -0.25) is 16.2 Å². The minimum absolute atomic E-state index is 0.0731. The summed E-state index contributed by atoms with van der Waals surface area (Å²) in [5, 5.41) is 0.684. The standard InChI is InChI=1S/C16H28ClN3O/c1-6-16(4,20(7-2)8-3)15(19-18)13-11-12(17)9-10-14(13)21-5/h9-11,15,19H,6-8,18H2,1-5H3. The number of hydrogen-bond acceptors (Lipinski definition) is 4. The van der Waals surface area contributed by atoms with Crippen molar-refractivity contribution in [2.24, 2.45) is 5.84 Å². The molecule has 0 aliphatic heterocycles. The summed E-state index contributed by atoms with van der Waals surface area (Å²) in [7, 11) is 1.67. The lowest BCUT2D eigenvalue weighted by Gasteiger charge is -2.45. The summed E-state index contributed by atoms with van der Waals surface area (Å²) in [6.07, 6.45) is 0.958. The molecule has 5 heteroatoms. The monoisotopic (exact) mass is 313 g/mol. The number of hydrazine groups is 1. The second-order valence-electron chi connectivity index (χ2n) is 5.37. The summed E-state index contributed by atoms with van der Waals surface area (Å²) < 4.78 is 5.50. The number of likely N-dealkylation sites (N-methyl/N-ethyl adjacent to an activating group) is 1. The Morgan fingerprint density at radius 3 is 2.38 bits per heavy atom. The van der Waals surface area contributed by atoms with Crippen molar-refractivity contribution >= 4 is 11.6 Å². The van der Waals surface area contributed by atoms with Crippen molar-refractivity contribution in [3.63, 3.8) is 0 Å². The highest BCUT2D eigenvalue weighted by molar-refractivity contribution is 6.30. The molecule has 0 fully saturated rings. The van der Waals surface area contributed by atoms with Crippen LogP contribution in [0.3, 0.4) is 0 Å². The summed E-state index contributed by atoms with van der Waals surface area (Å²) in [6, 6.07) is 5.58. The van der Waals surface area contributed by atoms with E-state index in [1.54, 1.807) is 7.11 Å². The van der Waals surface area contributed by atoms with Crippen LogP contribution in [0.2, 0.25) is 5.02 Å². The molecule has 0 saturated carbocycles. The maximum Gasteiger partial charge on any atom is 0.123 e. The lowest BCUT2D eigenvalue weighted by atomic mass is 9.82. The minimum Gasteiger partial charge on any atom is -0.496 e. The molecule has 0 aliphatic carbocycles. The van der Waals surface area contributed by atoms with Crippen LogP contribution in [0.15, 0.2) is 18.2 Å². The predicted octanol–water partition coefficient (Wildman–Crippen LogP) is 3.36. The van der Waals surface area contributed by atoms with Gasteiger partial charge in [-0.2, -0.15) is 0 Å². The third-order valence-corrected chi connectivity index (χ3v) is 4.73. The van der Waals surface area contributed by atoms with Gasteiger partial charge in [0.05, 0.1) is 13.2 Å². The molecular weight excluding hydrogens is 286 g/mol. The molecule has 2 unspecified atom stereocenters. The smallest absolute Gasteiger partial charge is 0.123 e. The van der Waals surface area contributed by atoms with Gasteiger partial charge in [0, 0.05) is 16.1 Å². The van der Waals surface area contributed by atoms with Crippen LogP contribution in [-0.4, -0.2) is 30.6 Å². The third kappa shape index (κ3) is 3.69. The average Bonchev–Trinajstić information content (AvgIpc) is 2.49. The van der Waals surface area contributed by atoms with Gasteiger partial charge in [0.25, 0.3) is 0 Å². The molecule has 0 heterocycles. The van der Waals surface area contributed by atoms with Gasteiger partial charge in [-0.1, -0.05) is 32.4 Å². The molecule has 21 heavy (non-hydrogen) atoms. The SMILES string of the molecule is CCN(CC)C(C)(CC)C(NN)c1cc(Cl)ccc1OC. The zero-order valence-corrected chi connectivity index (χ0v) is 14.5. The average molecular weight is 314 g/mol. The quantitative estimate of drug-likeness (QED) is 0.571. The lowest BCUT2D eigenvalue weighted by molar-refractivity contribution is 0.0688. The molecule has 2 atom stereocenters. The summed E-state index contributed by atoms with van der Waals surface area (Å²) in [5.41, 5.74) is 3.84. The first-order chi connectivity index (χ1) is 9.98. The molecule has 0 amide bonds. The zero-order chi connectivity index (χ0) is 16.0. The first-order valence-electron chi connectivity index (χ1n) is 7.53. The van der Waals surface area contributed by atoms with E-state index >= 15 is 0 Å². The van der Waals surface area contributed by atoms with E-state index in [2.05, 4.69) is 38.0 Å². The zero-order valence-electron chi connectivity index (χ0n) is 13.7. The van der Waals surface area contributed by atoms with Gasteiger partial charge in [-0.25, -0.2) is 0 Å². The number of hydrogen-bond donors (Lipinski definition) is 2. The predicted molar refractivity (Wildman–Crippen MR) is 89.7 cm³/mol. The molecule has 1 rings (SSSR count). The van der Waals surface area contributed by atoms with Crippen molar-refractivity contribution in [1.29, 1.82) is 0 Å². The highest BCUT2D eigenvalue weighted by Gasteiger charge is 2.38. The number of methoxy groups -OCH3 is 1. The Kier molecular flexibility index (Phi) is 6.94. The van der Waals surface area contributed by atoms with Crippen LogP contribution in [0.25, 0.3) is 0 Å². The highest BCUT2D eigenvalue weighted by Crippen LogP contribution is 2.38. The Hall–Kier alpha value is -0.810. The number of nitrogens with zero attached hydrogens (tertiary/aromatic N) is 1. The molecule has 1 aromatic rings. The fourth-order valence-corrected chi connectivity index (χ4v) is 3.27. The van der Waals surface area contributed by atoms with Crippen molar-refractivity contribution in [2.75, 3.05) is 20.2 Å². The Morgan fingerprint density at radius 1 is 1.33 bits per heavy atom. The molecule has 4 nitrogen and oxygen atoms in total. The first kappa shape index (κ1) is 18.2. The molecule has 0 saturated heterocycles. The van der Waals surface area contributed by atoms with Crippen LogP contribution in [0.4, 0.5) is 0 Å². The Morgan fingerprint density at radius 2 is 1.95 bits per heavy atom. The number of rotatable bonds is 8. The van der Waals surface area contributed by atoms with E-state index in [9.17, 15) is 0 Å². The van der Waals surface area contributed by atoms with Crippen LogP contribution in [0.5, 0.6) is 5.75 Å². The van der Waals surface area contributed by atoms with Gasteiger partial charge < -0.3 is 4.74 Å². The molecule has 0 bridgehead atoms. The Bertz CT molecular complexity index is 451. The van der Waals surface area contributed by atoms with Gasteiger partial charge in [-0.05, 0) is 44.6 Å². The molecular formula is C16H28ClN3O. The Balaban J connectivity index is 3.36. The second kappa shape index (κ2) is 7.99. The van der Waals surface area contributed by atoms with E-state index in [4.69, 9.17) is 22.2 Å². The fraction of sp³-hybridized carbons (Fsp3) is 0.625. The maximum atomic E-state index is 6.18. The van der Waals surface area contributed by atoms with Gasteiger partial charge in [-0.15, -0.1) is 0 Å².